The van der Waals surface area contributed by atoms with Gasteiger partial charge in [-0.25, -0.2) is 0 Å². The van der Waals surface area contributed by atoms with Gasteiger partial charge < -0.3 is 9.47 Å². The van der Waals surface area contributed by atoms with Gasteiger partial charge in [-0.3, -0.25) is 9.78 Å². The lowest BCUT2D eigenvalue weighted by Gasteiger charge is -2.38. The Hall–Kier alpha value is -2.61. The lowest BCUT2D eigenvalue weighted by Crippen LogP contribution is -2.49. The Morgan fingerprint density at radius 3 is 2.85 bits per heavy atom. The van der Waals surface area contributed by atoms with Crippen LogP contribution >= 0.6 is 0 Å². The van der Waals surface area contributed by atoms with Crippen LogP contribution in [0.5, 0.6) is 0 Å². The van der Waals surface area contributed by atoms with Crippen LogP contribution in [0.3, 0.4) is 0 Å². The van der Waals surface area contributed by atoms with Crippen molar-refractivity contribution in [2.75, 3.05) is 13.1 Å². The molecule has 1 fully saturated rings. The third-order valence-electron chi connectivity index (χ3n) is 3.63. The van der Waals surface area contributed by atoms with Gasteiger partial charge in [0.2, 0.25) is 0 Å². The quantitative estimate of drug-likeness (QED) is 0.828. The molecule has 2 aromatic heterocycles. The minimum atomic E-state index is -0.0267. The van der Waals surface area contributed by atoms with Crippen LogP contribution in [-0.4, -0.2) is 33.4 Å². The van der Waals surface area contributed by atoms with Crippen molar-refractivity contribution in [3.05, 3.63) is 53.6 Å². The highest BCUT2D eigenvalue weighted by Crippen LogP contribution is 2.27. The number of hydrogen-bond donors (Lipinski definition) is 0. The second-order valence-electron chi connectivity index (χ2n) is 5.00. The third kappa shape index (κ3) is 2.05. The Balaban J connectivity index is 1.69. The number of rotatable bonds is 2. The molecule has 0 bridgehead atoms. The summed E-state index contributed by atoms with van der Waals surface area (Å²) in [7, 11) is 1.78. The van der Waals surface area contributed by atoms with Gasteiger partial charge in [0.25, 0.3) is 5.91 Å². The van der Waals surface area contributed by atoms with Gasteiger partial charge in [-0.2, -0.15) is 5.26 Å². The average molecular weight is 266 g/mol. The molecule has 0 saturated carbocycles. The van der Waals surface area contributed by atoms with Crippen molar-refractivity contribution in [1.29, 1.82) is 5.26 Å². The van der Waals surface area contributed by atoms with Gasteiger partial charge >= 0.3 is 0 Å². The SMILES string of the molecule is Cn1cc(C#N)cc1C(=O)N1CC(c2ccccn2)C1. The molecular formula is C15H14N4O. The van der Waals surface area contributed by atoms with E-state index in [-0.39, 0.29) is 5.91 Å². The second kappa shape index (κ2) is 4.82. The molecular weight excluding hydrogens is 252 g/mol. The molecule has 1 aliphatic heterocycles. The van der Waals surface area contributed by atoms with E-state index in [1.54, 1.807) is 35.0 Å². The minimum Gasteiger partial charge on any atom is -0.345 e. The number of likely N-dealkylation sites (tertiary alicyclic amines) is 1. The van der Waals surface area contributed by atoms with Crippen LogP contribution in [0.25, 0.3) is 0 Å². The van der Waals surface area contributed by atoms with Crippen LogP contribution in [0, 0.1) is 11.3 Å². The molecule has 0 radical (unpaired) electrons. The lowest BCUT2D eigenvalue weighted by molar-refractivity contribution is 0.0589. The zero-order valence-corrected chi connectivity index (χ0v) is 11.2. The van der Waals surface area contributed by atoms with E-state index in [0.717, 1.165) is 5.69 Å². The summed E-state index contributed by atoms with van der Waals surface area (Å²) in [5.41, 5.74) is 2.10. The van der Waals surface area contributed by atoms with Gasteiger partial charge in [0, 0.05) is 44.1 Å². The average Bonchev–Trinajstić information content (AvgIpc) is 2.79. The first-order valence-electron chi connectivity index (χ1n) is 6.45. The van der Waals surface area contributed by atoms with E-state index < -0.39 is 0 Å². The number of nitrogens with zero attached hydrogens (tertiary/aromatic N) is 4. The topological polar surface area (TPSA) is 61.9 Å². The Bertz CT molecular complexity index is 678. The molecule has 5 nitrogen and oxygen atoms in total. The van der Waals surface area contributed by atoms with Crippen molar-refractivity contribution in [2.24, 2.45) is 7.05 Å². The molecule has 0 aromatic carbocycles. The number of pyridine rings is 1. The summed E-state index contributed by atoms with van der Waals surface area (Å²) < 4.78 is 1.70. The molecule has 1 amide bonds. The van der Waals surface area contributed by atoms with Gasteiger partial charge in [0.15, 0.2) is 0 Å². The summed E-state index contributed by atoms with van der Waals surface area (Å²) in [5, 5.41) is 8.86. The maximum absolute atomic E-state index is 12.3. The van der Waals surface area contributed by atoms with Gasteiger partial charge in [-0.05, 0) is 18.2 Å². The van der Waals surface area contributed by atoms with E-state index in [1.807, 2.05) is 18.2 Å². The van der Waals surface area contributed by atoms with E-state index in [4.69, 9.17) is 5.26 Å². The highest BCUT2D eigenvalue weighted by molar-refractivity contribution is 5.93. The van der Waals surface area contributed by atoms with Crippen molar-refractivity contribution in [3.8, 4) is 6.07 Å². The number of amides is 1. The molecule has 1 aliphatic rings. The van der Waals surface area contributed by atoms with E-state index in [1.165, 1.54) is 0 Å². The molecule has 0 spiro atoms. The fourth-order valence-electron chi connectivity index (χ4n) is 2.45. The van der Waals surface area contributed by atoms with Gasteiger partial charge in [-0.1, -0.05) is 6.07 Å². The third-order valence-corrected chi connectivity index (χ3v) is 3.63. The first-order chi connectivity index (χ1) is 9.69. The maximum atomic E-state index is 12.3. The normalized spacial score (nSPS) is 14.7. The standard InChI is InChI=1S/C15H14N4O/c1-18-8-11(7-16)6-14(18)15(20)19-9-12(10-19)13-4-2-3-5-17-13/h2-6,8,12H,9-10H2,1H3. The molecule has 100 valence electrons. The lowest BCUT2D eigenvalue weighted by atomic mass is 9.95. The molecule has 0 N–H and O–H groups in total. The number of aromatic nitrogens is 2. The van der Waals surface area contributed by atoms with Crippen LogP contribution in [0.2, 0.25) is 0 Å². The zero-order valence-electron chi connectivity index (χ0n) is 11.2. The molecule has 3 heterocycles. The van der Waals surface area contributed by atoms with E-state index in [2.05, 4.69) is 11.1 Å². The van der Waals surface area contributed by atoms with Gasteiger partial charge in [0.05, 0.1) is 5.56 Å². The second-order valence-corrected chi connectivity index (χ2v) is 5.00. The molecule has 0 unspecified atom stereocenters. The highest BCUT2D eigenvalue weighted by Gasteiger charge is 2.33. The van der Waals surface area contributed by atoms with Crippen molar-refractivity contribution in [3.63, 3.8) is 0 Å². The van der Waals surface area contributed by atoms with Crippen molar-refractivity contribution >= 4 is 5.91 Å². The van der Waals surface area contributed by atoms with Gasteiger partial charge in [-0.15, -0.1) is 0 Å². The summed E-state index contributed by atoms with van der Waals surface area (Å²) in [6.07, 6.45) is 3.44. The molecule has 2 aromatic rings. The molecule has 1 saturated heterocycles. The highest BCUT2D eigenvalue weighted by atomic mass is 16.2. The van der Waals surface area contributed by atoms with Crippen LogP contribution in [0.1, 0.15) is 27.7 Å². The monoisotopic (exact) mass is 266 g/mol. The summed E-state index contributed by atoms with van der Waals surface area (Å²) in [4.78, 5) is 18.4. The first kappa shape index (κ1) is 12.4. The zero-order chi connectivity index (χ0) is 14.1. The van der Waals surface area contributed by atoms with Crippen LogP contribution < -0.4 is 0 Å². The van der Waals surface area contributed by atoms with Crippen molar-refractivity contribution < 1.29 is 4.79 Å². The Labute approximate surface area is 117 Å². The van der Waals surface area contributed by atoms with Crippen molar-refractivity contribution in [1.82, 2.24) is 14.5 Å². The molecule has 5 heteroatoms. The Kier molecular flexibility index (Phi) is 2.99. The van der Waals surface area contributed by atoms with Crippen LogP contribution in [-0.2, 0) is 7.05 Å². The van der Waals surface area contributed by atoms with Crippen LogP contribution in [0.15, 0.2) is 36.7 Å². The Morgan fingerprint density at radius 2 is 2.25 bits per heavy atom. The summed E-state index contributed by atoms with van der Waals surface area (Å²) in [6.45, 7) is 1.37. The number of carbonyl (C=O) groups is 1. The number of aryl methyl sites for hydroxylation is 1. The number of carbonyl (C=O) groups excluding carboxylic acids is 1. The summed E-state index contributed by atoms with van der Waals surface area (Å²) in [6, 6.07) is 9.52. The fourth-order valence-corrected chi connectivity index (χ4v) is 2.45. The van der Waals surface area contributed by atoms with E-state index in [0.29, 0.717) is 30.3 Å². The smallest absolute Gasteiger partial charge is 0.270 e. The first-order valence-corrected chi connectivity index (χ1v) is 6.45. The predicted molar refractivity (Wildman–Crippen MR) is 73.0 cm³/mol. The van der Waals surface area contributed by atoms with E-state index >= 15 is 0 Å². The fraction of sp³-hybridized carbons (Fsp3) is 0.267. The van der Waals surface area contributed by atoms with Gasteiger partial charge in [0.1, 0.15) is 11.8 Å². The molecule has 3 rings (SSSR count). The summed E-state index contributed by atoms with van der Waals surface area (Å²) in [5.74, 6) is 0.289. The maximum Gasteiger partial charge on any atom is 0.270 e. The number of nitriles is 1. The van der Waals surface area contributed by atoms with Crippen molar-refractivity contribution in [2.45, 2.75) is 5.92 Å². The predicted octanol–water partition coefficient (Wildman–Crippen LogP) is 1.53. The minimum absolute atomic E-state index is 0.0267. The molecule has 0 aliphatic carbocycles. The molecule has 20 heavy (non-hydrogen) atoms. The van der Waals surface area contributed by atoms with Crippen LogP contribution in [0.4, 0.5) is 0 Å². The Morgan fingerprint density at radius 1 is 1.45 bits per heavy atom. The number of hydrogen-bond acceptors (Lipinski definition) is 3. The largest absolute Gasteiger partial charge is 0.345 e. The van der Waals surface area contributed by atoms with E-state index in [9.17, 15) is 4.79 Å². The molecule has 0 atom stereocenters. The summed E-state index contributed by atoms with van der Waals surface area (Å²) >= 11 is 0.